The molecule has 6 nitrogen and oxygen atoms in total. The number of nitrogens with zero attached hydrogens (tertiary/aromatic N) is 1. The van der Waals surface area contributed by atoms with Gasteiger partial charge in [0.05, 0.1) is 12.6 Å². The molecule has 0 bridgehead atoms. The van der Waals surface area contributed by atoms with Crippen LogP contribution in [0.15, 0.2) is 48.5 Å². The smallest absolute Gasteiger partial charge is 0.234 e. The maximum atomic E-state index is 12.9. The number of Topliss-reactive ketones (excluding diaryl/α,β-unsaturated/α-hetero) is 1. The van der Waals surface area contributed by atoms with Gasteiger partial charge in [-0.3, -0.25) is 14.5 Å². The largest absolute Gasteiger partial charge is 0.486 e. The molecule has 1 atom stereocenters. The number of fused-ring (bicyclic) bond motifs is 1. The first-order valence-corrected chi connectivity index (χ1v) is 10.6. The Balaban J connectivity index is 1.26. The lowest BCUT2D eigenvalue weighted by Gasteiger charge is -2.31. The number of hydrogen-bond donors (Lipinski definition) is 1. The number of nitrogens with one attached hydrogen (secondary N) is 1. The Morgan fingerprint density at radius 1 is 1.03 bits per heavy atom. The van der Waals surface area contributed by atoms with Crippen LogP contribution in [0.3, 0.4) is 0 Å². The summed E-state index contributed by atoms with van der Waals surface area (Å²) in [6.45, 7) is 4.89. The normalized spacial score (nSPS) is 17.9. The molecular formula is C24H28N2O4. The van der Waals surface area contributed by atoms with Crippen LogP contribution in [-0.4, -0.2) is 49.4 Å². The van der Waals surface area contributed by atoms with Gasteiger partial charge in [0.2, 0.25) is 5.91 Å². The second kappa shape index (κ2) is 9.30. The summed E-state index contributed by atoms with van der Waals surface area (Å²) in [6, 6.07) is 15.3. The average molecular weight is 408 g/mol. The van der Waals surface area contributed by atoms with Crippen molar-refractivity contribution in [3.8, 4) is 11.5 Å². The zero-order valence-corrected chi connectivity index (χ0v) is 17.3. The lowest BCUT2D eigenvalue weighted by atomic mass is 9.88. The van der Waals surface area contributed by atoms with Crippen LogP contribution in [0.1, 0.15) is 41.7 Å². The molecule has 0 radical (unpaired) electrons. The van der Waals surface area contributed by atoms with Crippen molar-refractivity contribution < 1.29 is 19.1 Å². The first-order valence-electron chi connectivity index (χ1n) is 10.6. The van der Waals surface area contributed by atoms with Crippen molar-refractivity contribution >= 4 is 11.7 Å². The summed E-state index contributed by atoms with van der Waals surface area (Å²) >= 11 is 0. The minimum absolute atomic E-state index is 0.0166. The number of carbonyl (C=O) groups is 2. The third kappa shape index (κ3) is 4.82. The zero-order chi connectivity index (χ0) is 20.9. The Kier molecular flexibility index (Phi) is 6.33. The van der Waals surface area contributed by atoms with Gasteiger partial charge >= 0.3 is 0 Å². The van der Waals surface area contributed by atoms with Gasteiger partial charge in [0.15, 0.2) is 17.3 Å². The van der Waals surface area contributed by atoms with Crippen LogP contribution in [0.4, 0.5) is 0 Å². The van der Waals surface area contributed by atoms with Crippen LogP contribution in [0, 0.1) is 5.92 Å². The van der Waals surface area contributed by atoms with E-state index in [1.165, 1.54) is 0 Å². The van der Waals surface area contributed by atoms with Gasteiger partial charge in [-0.2, -0.15) is 0 Å². The van der Waals surface area contributed by atoms with Gasteiger partial charge in [-0.25, -0.2) is 0 Å². The van der Waals surface area contributed by atoms with E-state index < -0.39 is 0 Å². The molecule has 4 rings (SSSR count). The second-order valence-corrected chi connectivity index (χ2v) is 7.97. The summed E-state index contributed by atoms with van der Waals surface area (Å²) in [7, 11) is 0. The molecule has 1 amide bonds. The minimum Gasteiger partial charge on any atom is -0.486 e. The SMILES string of the molecule is C[C@@H](NC(=O)CN1CCC(C(=O)c2ccc3c(c2)OCCO3)CC1)c1ccccc1. The number of likely N-dealkylation sites (tertiary alicyclic amines) is 1. The topological polar surface area (TPSA) is 67.9 Å². The van der Waals surface area contributed by atoms with Crippen LogP contribution < -0.4 is 14.8 Å². The summed E-state index contributed by atoms with van der Waals surface area (Å²) in [6.07, 6.45) is 1.52. The van der Waals surface area contributed by atoms with Crippen molar-refractivity contribution in [3.63, 3.8) is 0 Å². The predicted molar refractivity (Wildman–Crippen MR) is 114 cm³/mol. The molecule has 158 valence electrons. The molecule has 0 saturated carbocycles. The maximum Gasteiger partial charge on any atom is 0.234 e. The van der Waals surface area contributed by atoms with E-state index in [4.69, 9.17) is 9.47 Å². The number of piperidine rings is 1. The molecule has 6 heteroatoms. The molecule has 1 saturated heterocycles. The molecule has 30 heavy (non-hydrogen) atoms. The van der Waals surface area contributed by atoms with Gasteiger partial charge in [-0.15, -0.1) is 0 Å². The summed E-state index contributed by atoms with van der Waals surface area (Å²) < 4.78 is 11.1. The van der Waals surface area contributed by atoms with Gasteiger partial charge in [-0.05, 0) is 56.6 Å². The van der Waals surface area contributed by atoms with Crippen molar-refractivity contribution in [2.45, 2.75) is 25.8 Å². The summed E-state index contributed by atoms with van der Waals surface area (Å²) in [5.74, 6) is 1.49. The fourth-order valence-electron chi connectivity index (χ4n) is 4.10. The van der Waals surface area contributed by atoms with Crippen molar-refractivity contribution in [1.82, 2.24) is 10.2 Å². The summed E-state index contributed by atoms with van der Waals surface area (Å²) in [5.41, 5.74) is 1.77. The van der Waals surface area contributed by atoms with Crippen LogP contribution in [-0.2, 0) is 4.79 Å². The number of ketones is 1. The van der Waals surface area contributed by atoms with Gasteiger partial charge in [0.1, 0.15) is 13.2 Å². The molecule has 2 aromatic carbocycles. The molecule has 1 N–H and O–H groups in total. The van der Waals surface area contributed by atoms with E-state index in [0.29, 0.717) is 36.8 Å². The quantitative estimate of drug-likeness (QED) is 0.744. The molecule has 2 aliphatic rings. The van der Waals surface area contributed by atoms with Gasteiger partial charge < -0.3 is 14.8 Å². The lowest BCUT2D eigenvalue weighted by molar-refractivity contribution is -0.123. The molecule has 0 aromatic heterocycles. The second-order valence-electron chi connectivity index (χ2n) is 7.97. The van der Waals surface area contributed by atoms with Crippen LogP contribution in [0.2, 0.25) is 0 Å². The predicted octanol–water partition coefficient (Wildman–Crippen LogP) is 3.23. The Labute approximate surface area is 177 Å². The van der Waals surface area contributed by atoms with E-state index >= 15 is 0 Å². The Bertz CT molecular complexity index is 891. The van der Waals surface area contributed by atoms with Crippen molar-refractivity contribution in [1.29, 1.82) is 0 Å². The zero-order valence-electron chi connectivity index (χ0n) is 17.3. The molecule has 2 heterocycles. The first kappa shape index (κ1) is 20.4. The lowest BCUT2D eigenvalue weighted by Crippen LogP contribution is -2.43. The number of amides is 1. The van der Waals surface area contributed by atoms with E-state index in [9.17, 15) is 9.59 Å². The fraction of sp³-hybridized carbons (Fsp3) is 0.417. The Morgan fingerprint density at radius 2 is 1.73 bits per heavy atom. The van der Waals surface area contributed by atoms with Gasteiger partial charge in [0, 0.05) is 11.5 Å². The average Bonchev–Trinajstić information content (AvgIpc) is 2.79. The van der Waals surface area contributed by atoms with Crippen molar-refractivity contribution in [2.24, 2.45) is 5.92 Å². The van der Waals surface area contributed by atoms with E-state index in [1.807, 2.05) is 49.4 Å². The number of ether oxygens (including phenoxy) is 2. The molecular weight excluding hydrogens is 380 g/mol. The van der Waals surface area contributed by atoms with Gasteiger partial charge in [0.25, 0.3) is 0 Å². The third-order valence-corrected chi connectivity index (χ3v) is 5.83. The molecule has 1 fully saturated rings. The number of rotatable bonds is 6. The highest BCUT2D eigenvalue weighted by Gasteiger charge is 2.27. The van der Waals surface area contributed by atoms with E-state index in [1.54, 1.807) is 6.07 Å². The number of benzene rings is 2. The highest BCUT2D eigenvalue weighted by molar-refractivity contribution is 5.98. The minimum atomic E-state index is -0.0203. The summed E-state index contributed by atoms with van der Waals surface area (Å²) in [4.78, 5) is 27.5. The third-order valence-electron chi connectivity index (χ3n) is 5.83. The highest BCUT2D eigenvalue weighted by Crippen LogP contribution is 2.32. The van der Waals surface area contributed by atoms with Crippen LogP contribution in [0.25, 0.3) is 0 Å². The van der Waals surface area contributed by atoms with E-state index in [0.717, 1.165) is 31.5 Å². The van der Waals surface area contributed by atoms with Gasteiger partial charge in [-0.1, -0.05) is 30.3 Å². The molecule has 0 aliphatic carbocycles. The standard InChI is InChI=1S/C24H28N2O4/c1-17(18-5-3-2-4-6-18)25-23(27)16-26-11-9-19(10-12-26)24(28)20-7-8-21-22(15-20)30-14-13-29-21/h2-8,15,17,19H,9-14,16H2,1H3,(H,25,27)/t17-/m1/s1. The fourth-order valence-corrected chi connectivity index (χ4v) is 4.10. The van der Waals surface area contributed by atoms with E-state index in [-0.39, 0.29) is 23.7 Å². The monoisotopic (exact) mass is 408 g/mol. The van der Waals surface area contributed by atoms with Crippen molar-refractivity contribution in [3.05, 3.63) is 59.7 Å². The molecule has 2 aliphatic heterocycles. The first-order chi connectivity index (χ1) is 14.6. The molecule has 2 aromatic rings. The summed E-state index contributed by atoms with van der Waals surface area (Å²) in [5, 5.41) is 3.06. The van der Waals surface area contributed by atoms with Crippen LogP contribution >= 0.6 is 0 Å². The molecule has 0 unspecified atom stereocenters. The number of carbonyl (C=O) groups excluding carboxylic acids is 2. The molecule has 0 spiro atoms. The van der Waals surface area contributed by atoms with E-state index in [2.05, 4.69) is 10.2 Å². The Morgan fingerprint density at radius 3 is 2.47 bits per heavy atom. The van der Waals surface area contributed by atoms with Crippen LogP contribution in [0.5, 0.6) is 11.5 Å². The highest BCUT2D eigenvalue weighted by atomic mass is 16.6. The number of hydrogen-bond acceptors (Lipinski definition) is 5. The van der Waals surface area contributed by atoms with Crippen molar-refractivity contribution in [2.75, 3.05) is 32.8 Å². The Hall–Kier alpha value is -2.86. The maximum absolute atomic E-state index is 12.9.